The van der Waals surface area contributed by atoms with Crippen LogP contribution < -0.4 is 5.32 Å². The van der Waals surface area contributed by atoms with Gasteiger partial charge in [-0.05, 0) is 61.7 Å². The van der Waals surface area contributed by atoms with Crippen LogP contribution in [0.5, 0.6) is 0 Å². The summed E-state index contributed by atoms with van der Waals surface area (Å²) in [5.74, 6) is -0.381. The van der Waals surface area contributed by atoms with Gasteiger partial charge in [0.1, 0.15) is 0 Å². The fourth-order valence-corrected chi connectivity index (χ4v) is 3.78. The van der Waals surface area contributed by atoms with Crippen molar-refractivity contribution in [1.82, 2.24) is 4.31 Å². The van der Waals surface area contributed by atoms with Crippen LogP contribution in [-0.4, -0.2) is 32.2 Å². The third-order valence-electron chi connectivity index (χ3n) is 4.08. The van der Waals surface area contributed by atoms with E-state index in [9.17, 15) is 13.2 Å². The van der Waals surface area contributed by atoms with Gasteiger partial charge in [0.15, 0.2) is 0 Å². The van der Waals surface area contributed by atoms with E-state index in [1.807, 2.05) is 32.9 Å². The van der Waals surface area contributed by atoms with E-state index in [0.717, 1.165) is 25.5 Å². The Morgan fingerprint density at radius 1 is 1.12 bits per heavy atom. The lowest BCUT2D eigenvalue weighted by atomic mass is 10.1. The van der Waals surface area contributed by atoms with Crippen molar-refractivity contribution in [3.63, 3.8) is 0 Å². The van der Waals surface area contributed by atoms with Gasteiger partial charge in [-0.15, -0.1) is 0 Å². The summed E-state index contributed by atoms with van der Waals surface area (Å²) in [4.78, 5) is 12.4. The maximum absolute atomic E-state index is 12.6. The van der Waals surface area contributed by atoms with E-state index in [0.29, 0.717) is 5.69 Å². The first-order valence-electron chi connectivity index (χ1n) is 7.71. The molecule has 1 N–H and O–H groups in total. The largest absolute Gasteiger partial charge is 0.325 e. The lowest BCUT2D eigenvalue weighted by Gasteiger charge is -2.18. The second-order valence-electron chi connectivity index (χ2n) is 5.97. The number of nitrogens with one attached hydrogen (secondary N) is 1. The number of sulfonamides is 1. The van der Waals surface area contributed by atoms with Crippen molar-refractivity contribution in [2.45, 2.75) is 25.7 Å². The second-order valence-corrected chi connectivity index (χ2v) is 8.87. The molecule has 0 bridgehead atoms. The molecule has 0 heterocycles. The van der Waals surface area contributed by atoms with Gasteiger partial charge >= 0.3 is 0 Å². The minimum absolute atomic E-state index is 0.162. The summed E-state index contributed by atoms with van der Waals surface area (Å²) < 4.78 is 27.2. The molecule has 1 amide bonds. The summed E-state index contributed by atoms with van der Waals surface area (Å²) >= 11 is 3.35. The van der Waals surface area contributed by atoms with Crippen molar-refractivity contribution >= 4 is 37.5 Å². The Labute approximate surface area is 157 Å². The van der Waals surface area contributed by atoms with E-state index in [1.165, 1.54) is 13.1 Å². The van der Waals surface area contributed by atoms with Crippen molar-refractivity contribution in [1.29, 1.82) is 0 Å². The van der Waals surface area contributed by atoms with E-state index in [-0.39, 0.29) is 17.3 Å². The number of rotatable bonds is 5. The number of likely N-dealkylation sites (N-methyl/N-ethyl adjacent to an activating group) is 1. The third-order valence-corrected chi connectivity index (χ3v) is 6.77. The summed E-state index contributed by atoms with van der Waals surface area (Å²) in [5.41, 5.74) is 3.53. The first-order chi connectivity index (χ1) is 11.6. The molecular weight excluding hydrogens is 404 g/mol. The smallest absolute Gasteiger partial charge is 0.243 e. The molecule has 0 aliphatic rings. The molecule has 7 heteroatoms. The van der Waals surface area contributed by atoms with E-state index < -0.39 is 10.0 Å². The number of hydrogen-bond donors (Lipinski definition) is 1. The standard InChI is InChI=1S/C18H21BrN2O3S/c1-12-6-5-7-17(14(12)3)20-18(22)11-21(4)25(23,24)15-8-9-16(19)13(2)10-15/h5-10H,11H2,1-4H3,(H,20,22). The van der Waals surface area contributed by atoms with Crippen LogP contribution in [0.15, 0.2) is 45.8 Å². The predicted molar refractivity (Wildman–Crippen MR) is 103 cm³/mol. The number of hydrogen-bond acceptors (Lipinski definition) is 3. The van der Waals surface area contributed by atoms with Crippen molar-refractivity contribution in [3.8, 4) is 0 Å². The highest BCUT2D eigenvalue weighted by molar-refractivity contribution is 9.10. The van der Waals surface area contributed by atoms with Crippen LogP contribution in [0.1, 0.15) is 16.7 Å². The van der Waals surface area contributed by atoms with Gasteiger partial charge in [-0.1, -0.05) is 28.1 Å². The van der Waals surface area contributed by atoms with Crippen LogP contribution in [0.4, 0.5) is 5.69 Å². The second kappa shape index (κ2) is 7.68. The van der Waals surface area contributed by atoms with Gasteiger partial charge in [0.2, 0.25) is 15.9 Å². The number of aryl methyl sites for hydroxylation is 2. The van der Waals surface area contributed by atoms with Gasteiger partial charge in [0.05, 0.1) is 11.4 Å². The molecule has 2 aromatic carbocycles. The normalized spacial score (nSPS) is 11.6. The molecular formula is C18H21BrN2O3S. The van der Waals surface area contributed by atoms with E-state index in [1.54, 1.807) is 18.2 Å². The van der Waals surface area contributed by atoms with Crippen LogP contribution in [0, 0.1) is 20.8 Å². The number of nitrogens with zero attached hydrogens (tertiary/aromatic N) is 1. The average molecular weight is 425 g/mol. The molecule has 0 saturated carbocycles. The summed E-state index contributed by atoms with van der Waals surface area (Å²) in [7, 11) is -2.33. The minimum atomic E-state index is -3.73. The first-order valence-corrected chi connectivity index (χ1v) is 9.95. The molecule has 0 spiro atoms. The van der Waals surface area contributed by atoms with Crippen LogP contribution in [0.2, 0.25) is 0 Å². The van der Waals surface area contributed by atoms with Crippen LogP contribution >= 0.6 is 15.9 Å². The Morgan fingerprint density at radius 2 is 1.80 bits per heavy atom. The van der Waals surface area contributed by atoms with Crippen LogP contribution in [0.3, 0.4) is 0 Å². The van der Waals surface area contributed by atoms with E-state index in [2.05, 4.69) is 21.2 Å². The molecule has 0 fully saturated rings. The Morgan fingerprint density at radius 3 is 2.44 bits per heavy atom. The van der Waals surface area contributed by atoms with Gasteiger partial charge < -0.3 is 5.32 Å². The Hall–Kier alpha value is -1.70. The molecule has 2 rings (SSSR count). The molecule has 0 aliphatic carbocycles. The zero-order valence-electron chi connectivity index (χ0n) is 14.6. The van der Waals surface area contributed by atoms with E-state index in [4.69, 9.17) is 0 Å². The van der Waals surface area contributed by atoms with Crippen LogP contribution in [0.25, 0.3) is 0 Å². The number of halogens is 1. The van der Waals surface area contributed by atoms with Crippen molar-refractivity contribution in [3.05, 3.63) is 57.6 Å². The third kappa shape index (κ3) is 4.48. The Kier molecular flexibility index (Phi) is 6.03. The number of amides is 1. The van der Waals surface area contributed by atoms with Gasteiger partial charge in [-0.3, -0.25) is 4.79 Å². The lowest BCUT2D eigenvalue weighted by molar-refractivity contribution is -0.116. The summed E-state index contributed by atoms with van der Waals surface area (Å²) in [6.07, 6.45) is 0. The predicted octanol–water partition coefficient (Wildman–Crippen LogP) is 3.63. The lowest BCUT2D eigenvalue weighted by Crippen LogP contribution is -2.35. The fraction of sp³-hybridized carbons (Fsp3) is 0.278. The van der Waals surface area contributed by atoms with Crippen molar-refractivity contribution < 1.29 is 13.2 Å². The summed E-state index contributed by atoms with van der Waals surface area (Å²) in [6.45, 7) is 5.43. The van der Waals surface area contributed by atoms with Crippen molar-refractivity contribution in [2.75, 3.05) is 18.9 Å². The minimum Gasteiger partial charge on any atom is -0.325 e. The van der Waals surface area contributed by atoms with Gasteiger partial charge in [-0.2, -0.15) is 4.31 Å². The molecule has 0 aromatic heterocycles. The molecule has 5 nitrogen and oxygen atoms in total. The molecule has 134 valence electrons. The highest BCUT2D eigenvalue weighted by Gasteiger charge is 2.23. The van der Waals surface area contributed by atoms with E-state index >= 15 is 0 Å². The molecule has 2 aromatic rings. The molecule has 0 aliphatic heterocycles. The van der Waals surface area contributed by atoms with Crippen LogP contribution in [-0.2, 0) is 14.8 Å². The summed E-state index contributed by atoms with van der Waals surface area (Å²) in [6, 6.07) is 10.4. The quantitative estimate of drug-likeness (QED) is 0.796. The summed E-state index contributed by atoms with van der Waals surface area (Å²) in [5, 5.41) is 2.77. The molecule has 0 radical (unpaired) electrons. The highest BCUT2D eigenvalue weighted by atomic mass is 79.9. The maximum Gasteiger partial charge on any atom is 0.243 e. The van der Waals surface area contributed by atoms with Crippen molar-refractivity contribution in [2.24, 2.45) is 0 Å². The number of carbonyl (C=O) groups excluding carboxylic acids is 1. The monoisotopic (exact) mass is 424 g/mol. The van der Waals surface area contributed by atoms with Gasteiger partial charge in [0, 0.05) is 17.2 Å². The van der Waals surface area contributed by atoms with Gasteiger partial charge in [-0.25, -0.2) is 8.42 Å². The zero-order chi connectivity index (χ0) is 18.8. The molecule has 0 atom stereocenters. The SMILES string of the molecule is Cc1cc(S(=O)(=O)N(C)CC(=O)Nc2cccc(C)c2C)ccc1Br. The average Bonchev–Trinajstić information content (AvgIpc) is 2.54. The number of benzene rings is 2. The Bertz CT molecular complexity index is 911. The maximum atomic E-state index is 12.6. The molecule has 25 heavy (non-hydrogen) atoms. The fourth-order valence-electron chi connectivity index (χ4n) is 2.32. The highest BCUT2D eigenvalue weighted by Crippen LogP contribution is 2.22. The zero-order valence-corrected chi connectivity index (χ0v) is 17.0. The topological polar surface area (TPSA) is 66.5 Å². The molecule has 0 unspecified atom stereocenters. The Balaban J connectivity index is 2.14. The van der Waals surface area contributed by atoms with Gasteiger partial charge in [0.25, 0.3) is 0 Å². The first kappa shape index (κ1) is 19.6. The number of carbonyl (C=O) groups is 1. The molecule has 0 saturated heterocycles. The number of anilines is 1.